The number of carbonyl (C=O) groups excluding carboxylic acids is 1. The van der Waals surface area contributed by atoms with Crippen LogP contribution in [-0.2, 0) is 7.05 Å². The van der Waals surface area contributed by atoms with Gasteiger partial charge in [0.05, 0.1) is 22.6 Å². The highest BCUT2D eigenvalue weighted by Gasteiger charge is 2.21. The third kappa shape index (κ3) is 3.37. The predicted octanol–water partition coefficient (Wildman–Crippen LogP) is 2.40. The Hall–Kier alpha value is -2.03. The zero-order valence-electron chi connectivity index (χ0n) is 14.6. The van der Waals surface area contributed by atoms with Crippen LogP contribution in [0.2, 0.25) is 0 Å². The minimum Gasteiger partial charge on any atom is -0.349 e. The number of hydrogen-bond donors (Lipinski definition) is 1. The van der Waals surface area contributed by atoms with E-state index in [1.54, 1.807) is 25.3 Å². The van der Waals surface area contributed by atoms with E-state index < -0.39 is 0 Å². The highest BCUT2D eigenvalue weighted by molar-refractivity contribution is 7.20. The molecule has 0 radical (unpaired) electrons. The third-order valence-electron chi connectivity index (χ3n) is 4.22. The fraction of sp³-hybridized carbons (Fsp3) is 0.353. The van der Waals surface area contributed by atoms with Gasteiger partial charge in [-0.25, -0.2) is 4.98 Å². The van der Waals surface area contributed by atoms with Gasteiger partial charge in [0, 0.05) is 13.6 Å². The molecular formula is C17H20N4O2S2. The summed E-state index contributed by atoms with van der Waals surface area (Å²) in [5, 5.41) is 7.66. The Labute approximate surface area is 153 Å². The lowest BCUT2D eigenvalue weighted by molar-refractivity contribution is 0.0945. The molecule has 3 aromatic rings. The van der Waals surface area contributed by atoms with Crippen molar-refractivity contribution in [3.05, 3.63) is 49.5 Å². The fourth-order valence-corrected chi connectivity index (χ4v) is 4.52. The fourth-order valence-electron chi connectivity index (χ4n) is 2.76. The molecule has 0 saturated carbocycles. The number of aromatic nitrogens is 2. The molecule has 1 atom stereocenters. The van der Waals surface area contributed by atoms with Crippen LogP contribution in [0.25, 0.3) is 10.2 Å². The first-order valence-corrected chi connectivity index (χ1v) is 9.57. The van der Waals surface area contributed by atoms with Crippen molar-refractivity contribution in [1.82, 2.24) is 19.8 Å². The summed E-state index contributed by atoms with van der Waals surface area (Å²) in [5.41, 5.74) is 1.75. The lowest BCUT2D eigenvalue weighted by atomic mass is 10.1. The van der Waals surface area contributed by atoms with Gasteiger partial charge >= 0.3 is 0 Å². The molecule has 3 heterocycles. The summed E-state index contributed by atoms with van der Waals surface area (Å²) in [6.07, 6.45) is 1.49. The van der Waals surface area contributed by atoms with Gasteiger partial charge in [-0.3, -0.25) is 9.59 Å². The smallest absolute Gasteiger partial charge is 0.262 e. The molecule has 8 heteroatoms. The Bertz CT molecular complexity index is 957. The third-order valence-corrected chi connectivity index (χ3v) is 6.12. The molecule has 0 saturated heterocycles. The number of likely N-dealkylation sites (N-methyl/N-ethyl adjacent to an activating group) is 1. The summed E-state index contributed by atoms with van der Waals surface area (Å²) in [6, 6.07) is 2.18. The molecule has 25 heavy (non-hydrogen) atoms. The molecule has 0 bridgehead atoms. The Balaban J connectivity index is 1.84. The van der Waals surface area contributed by atoms with Crippen molar-refractivity contribution in [3.8, 4) is 0 Å². The zero-order valence-corrected chi connectivity index (χ0v) is 16.2. The van der Waals surface area contributed by atoms with E-state index in [4.69, 9.17) is 0 Å². The summed E-state index contributed by atoms with van der Waals surface area (Å²) in [6.45, 7) is 2.31. The van der Waals surface area contributed by atoms with Gasteiger partial charge in [0.2, 0.25) is 0 Å². The van der Waals surface area contributed by atoms with E-state index in [-0.39, 0.29) is 17.5 Å². The molecular weight excluding hydrogens is 356 g/mol. The minimum absolute atomic E-state index is 0.107. The number of nitrogens with one attached hydrogen (secondary N) is 1. The standard InChI is InChI=1S/C17H20N4O2S2/c1-10-13-16(19-9-21(4)17(13)23)25-14(10)15(22)18-7-12(20(2)3)11-5-6-24-8-11/h5-6,8-9,12H,7H2,1-4H3,(H,18,22). The molecule has 0 fully saturated rings. The normalized spacial score (nSPS) is 12.7. The van der Waals surface area contributed by atoms with Crippen LogP contribution in [-0.4, -0.2) is 41.0 Å². The van der Waals surface area contributed by atoms with Gasteiger partial charge in [-0.15, -0.1) is 11.3 Å². The molecule has 3 rings (SSSR count). The summed E-state index contributed by atoms with van der Waals surface area (Å²) < 4.78 is 1.43. The lowest BCUT2D eigenvalue weighted by Crippen LogP contribution is -2.34. The summed E-state index contributed by atoms with van der Waals surface area (Å²) in [7, 11) is 5.65. The summed E-state index contributed by atoms with van der Waals surface area (Å²) >= 11 is 2.91. The lowest BCUT2D eigenvalue weighted by Gasteiger charge is -2.23. The van der Waals surface area contributed by atoms with Gasteiger partial charge in [-0.05, 0) is 49.0 Å². The van der Waals surface area contributed by atoms with Gasteiger partial charge in [-0.1, -0.05) is 0 Å². The average Bonchev–Trinajstić information content (AvgIpc) is 3.19. The van der Waals surface area contributed by atoms with Crippen LogP contribution in [0.15, 0.2) is 27.9 Å². The van der Waals surface area contributed by atoms with Crippen molar-refractivity contribution in [1.29, 1.82) is 0 Å². The number of hydrogen-bond acceptors (Lipinski definition) is 6. The topological polar surface area (TPSA) is 67.2 Å². The quantitative estimate of drug-likeness (QED) is 0.742. The maximum Gasteiger partial charge on any atom is 0.262 e. The van der Waals surface area contributed by atoms with Gasteiger partial charge in [0.25, 0.3) is 11.5 Å². The zero-order chi connectivity index (χ0) is 18.1. The van der Waals surface area contributed by atoms with Crippen molar-refractivity contribution in [2.24, 2.45) is 7.05 Å². The van der Waals surface area contributed by atoms with Gasteiger partial charge in [0.1, 0.15) is 4.83 Å². The summed E-state index contributed by atoms with van der Waals surface area (Å²) in [5.74, 6) is -0.162. The van der Waals surface area contributed by atoms with Gasteiger partial charge < -0.3 is 14.8 Å². The molecule has 0 aliphatic rings. The first-order chi connectivity index (χ1) is 11.9. The largest absolute Gasteiger partial charge is 0.349 e. The number of rotatable bonds is 5. The molecule has 132 valence electrons. The molecule has 1 unspecified atom stereocenters. The van der Waals surface area contributed by atoms with Crippen molar-refractivity contribution < 1.29 is 4.79 Å². The Morgan fingerprint density at radius 1 is 1.44 bits per heavy atom. The molecule has 0 aromatic carbocycles. The van der Waals surface area contributed by atoms with Crippen LogP contribution in [0.4, 0.5) is 0 Å². The Kier molecular flexibility index (Phi) is 5.03. The molecule has 0 aliphatic carbocycles. The number of carbonyl (C=O) groups is 1. The minimum atomic E-state index is -0.162. The van der Waals surface area contributed by atoms with Crippen LogP contribution >= 0.6 is 22.7 Å². The van der Waals surface area contributed by atoms with Crippen molar-refractivity contribution in [2.75, 3.05) is 20.6 Å². The summed E-state index contributed by atoms with van der Waals surface area (Å²) in [4.78, 5) is 32.5. The highest BCUT2D eigenvalue weighted by atomic mass is 32.1. The van der Waals surface area contributed by atoms with Gasteiger partial charge in [-0.2, -0.15) is 11.3 Å². The number of nitrogens with zero attached hydrogens (tertiary/aromatic N) is 3. The highest BCUT2D eigenvalue weighted by Crippen LogP contribution is 2.27. The number of thiophene rings is 2. The van der Waals surface area contributed by atoms with Crippen LogP contribution in [0, 0.1) is 6.92 Å². The second kappa shape index (κ2) is 7.07. The number of fused-ring (bicyclic) bond motifs is 1. The monoisotopic (exact) mass is 376 g/mol. The first kappa shape index (κ1) is 17.8. The Morgan fingerprint density at radius 2 is 2.20 bits per heavy atom. The van der Waals surface area contributed by atoms with E-state index in [0.29, 0.717) is 27.2 Å². The first-order valence-electron chi connectivity index (χ1n) is 7.81. The SMILES string of the molecule is Cc1c(C(=O)NCC(c2ccsc2)N(C)C)sc2ncn(C)c(=O)c12. The molecule has 0 aliphatic heterocycles. The van der Waals surface area contributed by atoms with Gasteiger partial charge in [0.15, 0.2) is 0 Å². The molecule has 1 amide bonds. The molecule has 3 aromatic heterocycles. The van der Waals surface area contributed by atoms with Crippen molar-refractivity contribution in [2.45, 2.75) is 13.0 Å². The molecule has 6 nitrogen and oxygen atoms in total. The van der Waals surface area contributed by atoms with Crippen LogP contribution in [0.1, 0.15) is 26.8 Å². The van der Waals surface area contributed by atoms with E-state index >= 15 is 0 Å². The van der Waals surface area contributed by atoms with Crippen molar-refractivity contribution >= 4 is 38.8 Å². The number of aryl methyl sites for hydroxylation is 2. The van der Waals surface area contributed by atoms with Crippen LogP contribution in [0.5, 0.6) is 0 Å². The van der Waals surface area contributed by atoms with E-state index in [2.05, 4.69) is 26.6 Å². The van der Waals surface area contributed by atoms with E-state index in [1.165, 1.54) is 27.8 Å². The van der Waals surface area contributed by atoms with Crippen molar-refractivity contribution in [3.63, 3.8) is 0 Å². The Morgan fingerprint density at radius 3 is 2.84 bits per heavy atom. The predicted molar refractivity (Wildman–Crippen MR) is 103 cm³/mol. The molecule has 0 spiro atoms. The van der Waals surface area contributed by atoms with E-state index in [9.17, 15) is 9.59 Å². The maximum atomic E-state index is 12.7. The van der Waals surface area contributed by atoms with Crippen LogP contribution < -0.4 is 10.9 Å². The number of amides is 1. The average molecular weight is 377 g/mol. The van der Waals surface area contributed by atoms with Crippen LogP contribution in [0.3, 0.4) is 0 Å². The maximum absolute atomic E-state index is 12.7. The second-order valence-electron chi connectivity index (χ2n) is 6.14. The second-order valence-corrected chi connectivity index (χ2v) is 7.92. The van der Waals surface area contributed by atoms with E-state index in [0.717, 1.165) is 0 Å². The van der Waals surface area contributed by atoms with E-state index in [1.807, 2.05) is 19.5 Å². The molecule has 1 N–H and O–H groups in total.